The maximum atomic E-state index is 13.0. The van der Waals surface area contributed by atoms with E-state index in [-0.39, 0.29) is 5.91 Å². The Morgan fingerprint density at radius 1 is 1.22 bits per heavy atom. The first kappa shape index (κ1) is 21.1. The molecule has 0 aliphatic carbocycles. The molecule has 3 heterocycles. The minimum absolute atomic E-state index is 0.0561. The van der Waals surface area contributed by atoms with Crippen LogP contribution in [0.3, 0.4) is 0 Å². The lowest BCUT2D eigenvalue weighted by atomic mass is 10.00. The summed E-state index contributed by atoms with van der Waals surface area (Å²) in [5.41, 5.74) is 4.65. The second-order valence-corrected chi connectivity index (χ2v) is 9.15. The first-order chi connectivity index (χ1) is 15.5. The number of halogens is 1. The Morgan fingerprint density at radius 2 is 2.03 bits per heavy atom. The van der Waals surface area contributed by atoms with Gasteiger partial charge in [-0.2, -0.15) is 4.98 Å². The van der Waals surface area contributed by atoms with Gasteiger partial charge in [-0.1, -0.05) is 28.9 Å². The summed E-state index contributed by atoms with van der Waals surface area (Å²) in [5.74, 6) is 1.24. The zero-order chi connectivity index (χ0) is 22.2. The number of carbonyl (C=O) groups is 1. The third-order valence-electron chi connectivity index (χ3n) is 6.10. The number of hydrogen-bond donors (Lipinski definition) is 1. The van der Waals surface area contributed by atoms with Crippen molar-refractivity contribution in [2.24, 2.45) is 0 Å². The molecule has 0 radical (unpaired) electrons. The summed E-state index contributed by atoms with van der Waals surface area (Å²) in [7, 11) is 0. The van der Waals surface area contributed by atoms with Crippen molar-refractivity contribution in [1.29, 1.82) is 0 Å². The third kappa shape index (κ3) is 4.28. The van der Waals surface area contributed by atoms with E-state index in [1.165, 1.54) is 0 Å². The van der Waals surface area contributed by atoms with Gasteiger partial charge in [0.15, 0.2) is 0 Å². The van der Waals surface area contributed by atoms with Crippen molar-refractivity contribution in [2.75, 3.05) is 19.6 Å². The summed E-state index contributed by atoms with van der Waals surface area (Å²) < 4.78 is 5.54. The van der Waals surface area contributed by atoms with Crippen LogP contribution < -0.4 is 5.32 Å². The van der Waals surface area contributed by atoms with Gasteiger partial charge in [0.25, 0.3) is 5.91 Å². The van der Waals surface area contributed by atoms with E-state index in [2.05, 4.69) is 27.3 Å². The summed E-state index contributed by atoms with van der Waals surface area (Å²) in [6, 6.07) is 12.1. The molecule has 5 rings (SSSR count). The Kier molecular flexibility index (Phi) is 5.71. The highest BCUT2D eigenvalue weighted by Crippen LogP contribution is 2.31. The van der Waals surface area contributed by atoms with Gasteiger partial charge in [-0.3, -0.25) is 9.69 Å². The van der Waals surface area contributed by atoms with E-state index < -0.39 is 0 Å². The zero-order valence-corrected chi connectivity index (χ0v) is 19.0. The Hall–Kier alpha value is -2.74. The number of benzene rings is 2. The molecule has 0 bridgehead atoms. The van der Waals surface area contributed by atoms with Crippen LogP contribution in [0.5, 0.6) is 0 Å². The van der Waals surface area contributed by atoms with E-state index >= 15 is 0 Å². The number of amides is 1. The number of rotatable bonds is 5. The van der Waals surface area contributed by atoms with Crippen LogP contribution in [0.15, 0.2) is 40.9 Å². The van der Waals surface area contributed by atoms with E-state index in [9.17, 15) is 4.79 Å². The number of aryl methyl sites for hydroxylation is 1. The first-order valence-electron chi connectivity index (χ1n) is 10.9. The fourth-order valence-corrected chi connectivity index (χ4v) is 4.70. The standard InChI is InChI=1S/C24H26ClN5O2/c1-15-9-18(23-27-21(32-28-23)14-29-8-7-26-16(2)11-29)10-19-13-30(24(31)22(15)19)12-17-3-5-20(25)6-4-17/h3-6,9-10,16,26H,7-8,11-14H2,1-2H3. The fourth-order valence-electron chi connectivity index (χ4n) is 4.58. The van der Waals surface area contributed by atoms with E-state index in [0.717, 1.165) is 47.5 Å². The highest BCUT2D eigenvalue weighted by atomic mass is 35.5. The van der Waals surface area contributed by atoms with Gasteiger partial charge in [0, 0.05) is 54.9 Å². The summed E-state index contributed by atoms with van der Waals surface area (Å²) in [6.07, 6.45) is 0. The van der Waals surface area contributed by atoms with Crippen LogP contribution in [0.4, 0.5) is 0 Å². The quantitative estimate of drug-likeness (QED) is 0.638. The fraction of sp³-hybridized carbons (Fsp3) is 0.375. The molecular formula is C24H26ClN5O2. The molecule has 1 fully saturated rings. The molecule has 166 valence electrons. The van der Waals surface area contributed by atoms with Crippen molar-refractivity contribution in [3.63, 3.8) is 0 Å². The second-order valence-electron chi connectivity index (χ2n) is 8.72. The van der Waals surface area contributed by atoms with Crippen molar-refractivity contribution in [2.45, 2.75) is 39.5 Å². The van der Waals surface area contributed by atoms with Gasteiger partial charge in [0.2, 0.25) is 11.7 Å². The molecule has 8 heteroatoms. The van der Waals surface area contributed by atoms with Crippen molar-refractivity contribution < 1.29 is 9.32 Å². The average Bonchev–Trinajstić information content (AvgIpc) is 3.34. The summed E-state index contributed by atoms with van der Waals surface area (Å²) in [5, 5.41) is 8.34. The largest absolute Gasteiger partial charge is 0.338 e. The molecule has 1 unspecified atom stereocenters. The van der Waals surface area contributed by atoms with Crippen molar-refractivity contribution in [1.82, 2.24) is 25.3 Å². The van der Waals surface area contributed by atoms with Gasteiger partial charge in [-0.25, -0.2) is 0 Å². The van der Waals surface area contributed by atoms with E-state index in [0.29, 0.717) is 42.4 Å². The van der Waals surface area contributed by atoms with Gasteiger partial charge in [-0.05, 0) is 54.8 Å². The number of hydrogen-bond acceptors (Lipinski definition) is 6. The van der Waals surface area contributed by atoms with Gasteiger partial charge in [0.05, 0.1) is 6.54 Å². The third-order valence-corrected chi connectivity index (χ3v) is 6.36. The van der Waals surface area contributed by atoms with Crippen molar-refractivity contribution in [3.05, 3.63) is 69.6 Å². The summed E-state index contributed by atoms with van der Waals surface area (Å²) in [4.78, 5) is 21.8. The Balaban J connectivity index is 1.33. The number of fused-ring (bicyclic) bond motifs is 1. The predicted molar refractivity (Wildman–Crippen MR) is 122 cm³/mol. The number of nitrogens with one attached hydrogen (secondary N) is 1. The van der Waals surface area contributed by atoms with Crippen LogP contribution >= 0.6 is 11.6 Å². The minimum Gasteiger partial charge on any atom is -0.338 e. The monoisotopic (exact) mass is 451 g/mol. The number of piperazine rings is 1. The molecule has 1 aromatic heterocycles. The topological polar surface area (TPSA) is 74.5 Å². The molecule has 32 heavy (non-hydrogen) atoms. The first-order valence-corrected chi connectivity index (χ1v) is 11.3. The van der Waals surface area contributed by atoms with E-state index in [1.54, 1.807) is 0 Å². The van der Waals surface area contributed by atoms with Gasteiger partial charge >= 0.3 is 0 Å². The zero-order valence-electron chi connectivity index (χ0n) is 18.3. The molecule has 1 amide bonds. The molecule has 1 saturated heterocycles. The van der Waals surface area contributed by atoms with Gasteiger partial charge < -0.3 is 14.7 Å². The number of carbonyl (C=O) groups excluding carboxylic acids is 1. The molecule has 1 atom stereocenters. The molecule has 2 aliphatic rings. The summed E-state index contributed by atoms with van der Waals surface area (Å²) >= 11 is 5.98. The highest BCUT2D eigenvalue weighted by Gasteiger charge is 2.30. The number of nitrogens with zero attached hydrogens (tertiary/aromatic N) is 4. The maximum absolute atomic E-state index is 13.0. The second kappa shape index (κ2) is 8.65. The van der Waals surface area contributed by atoms with E-state index in [1.807, 2.05) is 48.2 Å². The Bertz CT molecular complexity index is 1140. The molecule has 2 aromatic carbocycles. The van der Waals surface area contributed by atoms with Crippen LogP contribution in [-0.2, 0) is 19.6 Å². The van der Waals surface area contributed by atoms with Crippen LogP contribution in [0.1, 0.15) is 39.9 Å². The lowest BCUT2D eigenvalue weighted by Gasteiger charge is -2.30. The number of aromatic nitrogens is 2. The summed E-state index contributed by atoms with van der Waals surface area (Å²) in [6.45, 7) is 8.80. The van der Waals surface area contributed by atoms with Crippen molar-refractivity contribution in [3.8, 4) is 11.4 Å². The maximum Gasteiger partial charge on any atom is 0.255 e. The van der Waals surface area contributed by atoms with Crippen molar-refractivity contribution >= 4 is 17.5 Å². The molecule has 2 aliphatic heterocycles. The van der Waals surface area contributed by atoms with Crippen LogP contribution in [0.2, 0.25) is 5.02 Å². The molecule has 1 N–H and O–H groups in total. The Labute approximate surface area is 192 Å². The predicted octanol–water partition coefficient (Wildman–Crippen LogP) is 3.65. The highest BCUT2D eigenvalue weighted by molar-refractivity contribution is 6.30. The normalized spacial score (nSPS) is 18.9. The van der Waals surface area contributed by atoms with E-state index in [4.69, 9.17) is 16.1 Å². The van der Waals surface area contributed by atoms with Gasteiger partial charge in [0.1, 0.15) is 0 Å². The molecule has 0 spiro atoms. The Morgan fingerprint density at radius 3 is 2.81 bits per heavy atom. The smallest absolute Gasteiger partial charge is 0.255 e. The molecule has 7 nitrogen and oxygen atoms in total. The lowest BCUT2D eigenvalue weighted by molar-refractivity contribution is 0.0766. The molecular weight excluding hydrogens is 426 g/mol. The van der Waals surface area contributed by atoms with Crippen LogP contribution in [-0.4, -0.2) is 51.5 Å². The van der Waals surface area contributed by atoms with Crippen LogP contribution in [0.25, 0.3) is 11.4 Å². The lowest BCUT2D eigenvalue weighted by Crippen LogP contribution is -2.48. The molecule has 0 saturated carbocycles. The minimum atomic E-state index is 0.0561. The SMILES string of the molecule is Cc1cc(-c2noc(CN3CCNC(C)C3)n2)cc2c1C(=O)N(Cc1ccc(Cl)cc1)C2. The average molecular weight is 452 g/mol. The van der Waals surface area contributed by atoms with Crippen LogP contribution in [0, 0.1) is 6.92 Å². The molecule has 3 aromatic rings. The van der Waals surface area contributed by atoms with Gasteiger partial charge in [-0.15, -0.1) is 0 Å².